The number of hydrogen-bond donors (Lipinski definition) is 1. The summed E-state index contributed by atoms with van der Waals surface area (Å²) in [7, 11) is -3.81. The molecule has 1 fully saturated rings. The Morgan fingerprint density at radius 2 is 1.92 bits per heavy atom. The summed E-state index contributed by atoms with van der Waals surface area (Å²) in [5.41, 5.74) is 1.62. The lowest BCUT2D eigenvalue weighted by Gasteiger charge is -2.16. The molecule has 1 N–H and O–H groups in total. The van der Waals surface area contributed by atoms with Crippen molar-refractivity contribution in [3.05, 3.63) is 59.7 Å². The van der Waals surface area contributed by atoms with Crippen LogP contribution in [0.4, 0.5) is 5.69 Å². The number of rotatable bonds is 6. The molecule has 0 radical (unpaired) electrons. The first-order valence-electron chi connectivity index (χ1n) is 8.36. The number of benzene rings is 2. The van der Waals surface area contributed by atoms with Crippen molar-refractivity contribution in [2.45, 2.75) is 31.2 Å². The van der Waals surface area contributed by atoms with Gasteiger partial charge in [-0.15, -0.1) is 0 Å². The maximum Gasteiger partial charge on any atom is 0.261 e. The monoisotopic (exact) mass is 372 g/mol. The normalized spacial score (nSPS) is 14.5. The van der Waals surface area contributed by atoms with Gasteiger partial charge in [-0.2, -0.15) is 0 Å². The number of likely N-dealkylation sites (tertiary alicyclic amines) is 1. The lowest BCUT2D eigenvalue weighted by Crippen LogP contribution is -2.23. The van der Waals surface area contributed by atoms with Crippen LogP contribution in [0, 0.1) is 0 Å². The van der Waals surface area contributed by atoms with Crippen molar-refractivity contribution in [1.82, 2.24) is 4.90 Å². The van der Waals surface area contributed by atoms with E-state index in [2.05, 4.69) is 4.72 Å². The van der Waals surface area contributed by atoms with Gasteiger partial charge in [-0.3, -0.25) is 14.3 Å². The van der Waals surface area contributed by atoms with Crippen molar-refractivity contribution in [3.63, 3.8) is 0 Å². The Labute approximate surface area is 152 Å². The quantitative estimate of drug-likeness (QED) is 0.791. The molecule has 1 heterocycles. The van der Waals surface area contributed by atoms with Crippen molar-refractivity contribution in [3.8, 4) is 0 Å². The number of nitrogens with zero attached hydrogens (tertiary/aromatic N) is 1. The van der Waals surface area contributed by atoms with E-state index in [-0.39, 0.29) is 16.6 Å². The van der Waals surface area contributed by atoms with Gasteiger partial charge in [0.1, 0.15) is 0 Å². The highest BCUT2D eigenvalue weighted by molar-refractivity contribution is 7.92. The average molecular weight is 372 g/mol. The smallest absolute Gasteiger partial charge is 0.261 e. The summed E-state index contributed by atoms with van der Waals surface area (Å²) in [5.74, 6) is -0.0728. The highest BCUT2D eigenvalue weighted by atomic mass is 32.2. The van der Waals surface area contributed by atoms with Crippen LogP contribution in [0.5, 0.6) is 0 Å². The maximum absolute atomic E-state index is 12.6. The largest absolute Gasteiger partial charge is 0.338 e. The molecule has 0 aliphatic carbocycles. The van der Waals surface area contributed by atoms with Crippen LogP contribution in [0.2, 0.25) is 0 Å². The summed E-state index contributed by atoms with van der Waals surface area (Å²) < 4.78 is 27.7. The Balaban J connectivity index is 1.79. The summed E-state index contributed by atoms with van der Waals surface area (Å²) in [6.45, 7) is 2.59. The minimum absolute atomic E-state index is 0.0327. The second-order valence-corrected chi connectivity index (χ2v) is 7.99. The van der Waals surface area contributed by atoms with Crippen LogP contribution in [0.25, 0.3) is 0 Å². The second kappa shape index (κ2) is 7.29. The summed E-state index contributed by atoms with van der Waals surface area (Å²) in [5, 5.41) is 0. The van der Waals surface area contributed by atoms with E-state index >= 15 is 0 Å². The summed E-state index contributed by atoms with van der Waals surface area (Å²) >= 11 is 0. The SMILES string of the molecule is CC(=O)c1cccc(S(=O)(=O)Nc2cccc(CN3CCCC3=O)c2)c1. The fraction of sp³-hybridized carbons (Fsp3) is 0.263. The van der Waals surface area contributed by atoms with Crippen LogP contribution < -0.4 is 4.72 Å². The highest BCUT2D eigenvalue weighted by Crippen LogP contribution is 2.20. The van der Waals surface area contributed by atoms with E-state index in [1.165, 1.54) is 19.1 Å². The molecule has 0 saturated carbocycles. The first-order chi connectivity index (χ1) is 12.3. The molecule has 26 heavy (non-hydrogen) atoms. The molecule has 0 unspecified atom stereocenters. The lowest BCUT2D eigenvalue weighted by atomic mass is 10.2. The Morgan fingerprint density at radius 1 is 1.15 bits per heavy atom. The number of amides is 1. The summed E-state index contributed by atoms with van der Waals surface area (Å²) in [6.07, 6.45) is 1.43. The van der Waals surface area contributed by atoms with E-state index in [1.807, 2.05) is 6.07 Å². The molecule has 0 aromatic heterocycles. The molecule has 136 valence electrons. The molecule has 1 aliphatic rings. The van der Waals surface area contributed by atoms with Gasteiger partial charge in [0.25, 0.3) is 10.0 Å². The van der Waals surface area contributed by atoms with Gasteiger partial charge in [0.2, 0.25) is 5.91 Å². The average Bonchev–Trinajstić information content (AvgIpc) is 3.00. The predicted octanol–water partition coefficient (Wildman–Crippen LogP) is 2.81. The van der Waals surface area contributed by atoms with Gasteiger partial charge in [-0.25, -0.2) is 8.42 Å². The number of ketones is 1. The Morgan fingerprint density at radius 3 is 2.62 bits per heavy atom. The zero-order chi connectivity index (χ0) is 18.7. The van der Waals surface area contributed by atoms with E-state index in [0.29, 0.717) is 24.2 Å². The first kappa shape index (κ1) is 18.1. The minimum atomic E-state index is -3.81. The maximum atomic E-state index is 12.6. The molecular formula is C19H20N2O4S. The number of nitrogens with one attached hydrogen (secondary N) is 1. The van der Waals surface area contributed by atoms with Crippen LogP contribution >= 0.6 is 0 Å². The van der Waals surface area contributed by atoms with Crippen molar-refractivity contribution >= 4 is 27.4 Å². The third kappa shape index (κ3) is 4.11. The zero-order valence-corrected chi connectivity index (χ0v) is 15.3. The third-order valence-electron chi connectivity index (χ3n) is 4.27. The van der Waals surface area contributed by atoms with Gasteiger partial charge >= 0.3 is 0 Å². The fourth-order valence-corrected chi connectivity index (χ4v) is 4.02. The second-order valence-electron chi connectivity index (χ2n) is 6.31. The van der Waals surface area contributed by atoms with E-state index in [0.717, 1.165) is 18.5 Å². The van der Waals surface area contributed by atoms with Crippen LogP contribution in [-0.4, -0.2) is 31.6 Å². The van der Waals surface area contributed by atoms with Gasteiger partial charge in [0.15, 0.2) is 5.78 Å². The van der Waals surface area contributed by atoms with Gasteiger partial charge in [0, 0.05) is 30.8 Å². The van der Waals surface area contributed by atoms with Gasteiger partial charge < -0.3 is 4.90 Å². The Kier molecular flexibility index (Phi) is 5.08. The van der Waals surface area contributed by atoms with Gasteiger partial charge in [-0.05, 0) is 43.2 Å². The number of carbonyl (C=O) groups excluding carboxylic acids is 2. The highest BCUT2D eigenvalue weighted by Gasteiger charge is 2.20. The predicted molar refractivity (Wildman–Crippen MR) is 98.3 cm³/mol. The molecule has 6 nitrogen and oxygen atoms in total. The van der Waals surface area contributed by atoms with E-state index < -0.39 is 10.0 Å². The first-order valence-corrected chi connectivity index (χ1v) is 9.84. The third-order valence-corrected chi connectivity index (χ3v) is 5.65. The Hall–Kier alpha value is -2.67. The molecule has 1 amide bonds. The van der Waals surface area contributed by atoms with E-state index in [1.54, 1.807) is 35.2 Å². The molecule has 3 rings (SSSR count). The van der Waals surface area contributed by atoms with E-state index in [4.69, 9.17) is 0 Å². The van der Waals surface area contributed by atoms with Crippen LogP contribution in [-0.2, 0) is 21.4 Å². The van der Waals surface area contributed by atoms with Crippen molar-refractivity contribution < 1.29 is 18.0 Å². The van der Waals surface area contributed by atoms with Crippen molar-refractivity contribution in [1.29, 1.82) is 0 Å². The molecule has 2 aromatic rings. The summed E-state index contributed by atoms with van der Waals surface area (Å²) in [6, 6.07) is 12.9. The molecule has 0 spiro atoms. The summed E-state index contributed by atoms with van der Waals surface area (Å²) in [4.78, 5) is 25.0. The van der Waals surface area contributed by atoms with Crippen molar-refractivity contribution in [2.75, 3.05) is 11.3 Å². The van der Waals surface area contributed by atoms with Crippen LogP contribution in [0.3, 0.4) is 0 Å². The minimum Gasteiger partial charge on any atom is -0.338 e. The molecule has 1 aliphatic heterocycles. The molecule has 0 bridgehead atoms. The zero-order valence-electron chi connectivity index (χ0n) is 14.4. The molecule has 2 aromatic carbocycles. The number of carbonyl (C=O) groups is 2. The number of hydrogen-bond acceptors (Lipinski definition) is 4. The number of anilines is 1. The van der Waals surface area contributed by atoms with Gasteiger partial charge in [0.05, 0.1) is 4.90 Å². The standard InChI is InChI=1S/C19H20N2O4S/c1-14(22)16-6-3-8-18(12-16)26(24,25)20-17-7-2-5-15(11-17)13-21-10-4-9-19(21)23/h2-3,5-8,11-12,20H,4,9-10,13H2,1H3. The van der Waals surface area contributed by atoms with Crippen molar-refractivity contribution in [2.24, 2.45) is 0 Å². The van der Waals surface area contributed by atoms with Crippen LogP contribution in [0.1, 0.15) is 35.7 Å². The Bertz CT molecular complexity index is 954. The number of sulfonamides is 1. The van der Waals surface area contributed by atoms with E-state index in [9.17, 15) is 18.0 Å². The molecule has 1 saturated heterocycles. The number of Topliss-reactive ketones (excluding diaryl/α,β-unsaturated/α-hetero) is 1. The lowest BCUT2D eigenvalue weighted by molar-refractivity contribution is -0.128. The fourth-order valence-electron chi connectivity index (χ4n) is 2.92. The topological polar surface area (TPSA) is 83.6 Å². The molecule has 0 atom stereocenters. The van der Waals surface area contributed by atoms with Gasteiger partial charge in [-0.1, -0.05) is 24.3 Å². The molecule has 7 heteroatoms. The van der Waals surface area contributed by atoms with Crippen LogP contribution in [0.15, 0.2) is 53.4 Å². The molecular weight excluding hydrogens is 352 g/mol.